The van der Waals surface area contributed by atoms with Crippen molar-refractivity contribution in [2.75, 3.05) is 26.3 Å². The van der Waals surface area contributed by atoms with Crippen LogP contribution in [-0.2, 0) is 22.6 Å². The molecule has 0 bridgehead atoms. The summed E-state index contributed by atoms with van der Waals surface area (Å²) in [6.45, 7) is 4.63. The molecule has 2 saturated heterocycles. The van der Waals surface area contributed by atoms with Crippen LogP contribution in [0.15, 0.2) is 49.1 Å². The van der Waals surface area contributed by atoms with Gasteiger partial charge in [-0.3, -0.25) is 9.69 Å². The zero-order valence-corrected chi connectivity index (χ0v) is 15.0. The molecule has 2 aromatic rings. The van der Waals surface area contributed by atoms with Gasteiger partial charge >= 0.3 is 0 Å². The molecule has 0 unspecified atom stereocenters. The Bertz CT molecular complexity index is 692. The maximum absolute atomic E-state index is 12.4. The lowest BCUT2D eigenvalue weighted by molar-refractivity contribution is -0.141. The number of aromatic nitrogens is 2. The summed E-state index contributed by atoms with van der Waals surface area (Å²) in [5, 5.41) is 0. The molecule has 0 saturated carbocycles. The standard InChI is InChI=1S/C20H26N4O2/c25-20(15-22-9-8-21-16-22)23-13-19(14-23)24(18-6-10-26-11-7-18)12-17-4-2-1-3-5-17/h1-5,8-9,16,18-19H,6-7,10-15H2. The number of rotatable bonds is 6. The van der Waals surface area contributed by atoms with E-state index < -0.39 is 0 Å². The van der Waals surface area contributed by atoms with Gasteiger partial charge in [-0.15, -0.1) is 0 Å². The van der Waals surface area contributed by atoms with E-state index in [4.69, 9.17) is 4.74 Å². The van der Waals surface area contributed by atoms with Crippen molar-refractivity contribution in [1.29, 1.82) is 0 Å². The molecule has 1 amide bonds. The quantitative estimate of drug-likeness (QED) is 0.793. The number of carbonyl (C=O) groups is 1. The lowest BCUT2D eigenvalue weighted by Crippen LogP contribution is -2.63. The normalized spacial score (nSPS) is 18.9. The molecule has 1 aromatic carbocycles. The number of ether oxygens (including phenoxy) is 1. The largest absolute Gasteiger partial charge is 0.381 e. The number of carbonyl (C=O) groups excluding carboxylic acids is 1. The van der Waals surface area contributed by atoms with Gasteiger partial charge < -0.3 is 14.2 Å². The van der Waals surface area contributed by atoms with Crippen molar-refractivity contribution in [3.8, 4) is 0 Å². The highest BCUT2D eigenvalue weighted by Gasteiger charge is 2.38. The Labute approximate surface area is 154 Å². The van der Waals surface area contributed by atoms with Gasteiger partial charge in [0.05, 0.1) is 6.33 Å². The molecule has 0 N–H and O–H groups in total. The first-order valence-corrected chi connectivity index (χ1v) is 9.40. The van der Waals surface area contributed by atoms with E-state index in [0.717, 1.165) is 45.7 Å². The van der Waals surface area contributed by atoms with Crippen LogP contribution in [0.2, 0.25) is 0 Å². The Morgan fingerprint density at radius 3 is 2.62 bits per heavy atom. The van der Waals surface area contributed by atoms with Crippen molar-refractivity contribution in [2.45, 2.75) is 38.0 Å². The fourth-order valence-corrected chi connectivity index (χ4v) is 3.87. The highest BCUT2D eigenvalue weighted by molar-refractivity contribution is 5.77. The van der Waals surface area contributed by atoms with Crippen LogP contribution < -0.4 is 0 Å². The highest BCUT2D eigenvalue weighted by atomic mass is 16.5. The second kappa shape index (κ2) is 8.01. The van der Waals surface area contributed by atoms with E-state index in [1.54, 1.807) is 12.5 Å². The zero-order chi connectivity index (χ0) is 17.8. The molecule has 6 heteroatoms. The Balaban J connectivity index is 1.38. The minimum atomic E-state index is 0.172. The van der Waals surface area contributed by atoms with Crippen LogP contribution >= 0.6 is 0 Å². The summed E-state index contributed by atoms with van der Waals surface area (Å²) in [5.41, 5.74) is 1.34. The molecule has 138 valence electrons. The number of amides is 1. The van der Waals surface area contributed by atoms with Crippen molar-refractivity contribution < 1.29 is 9.53 Å². The van der Waals surface area contributed by atoms with Gasteiger partial charge in [-0.25, -0.2) is 4.98 Å². The average Bonchev–Trinajstić information content (AvgIpc) is 3.14. The molecule has 0 radical (unpaired) electrons. The van der Waals surface area contributed by atoms with E-state index in [1.165, 1.54) is 5.56 Å². The fourth-order valence-electron chi connectivity index (χ4n) is 3.87. The molecule has 2 aliphatic heterocycles. The molecular weight excluding hydrogens is 328 g/mol. The molecule has 2 aliphatic rings. The van der Waals surface area contributed by atoms with Crippen LogP contribution in [0.1, 0.15) is 18.4 Å². The van der Waals surface area contributed by atoms with Gasteiger partial charge in [-0.2, -0.15) is 0 Å². The van der Waals surface area contributed by atoms with Gasteiger partial charge in [-0.1, -0.05) is 30.3 Å². The Hall–Kier alpha value is -2.18. The third-order valence-electron chi connectivity index (χ3n) is 5.43. The number of hydrogen-bond acceptors (Lipinski definition) is 4. The van der Waals surface area contributed by atoms with Gasteiger partial charge in [0.1, 0.15) is 6.54 Å². The van der Waals surface area contributed by atoms with Crippen LogP contribution in [-0.4, -0.2) is 63.6 Å². The summed E-state index contributed by atoms with van der Waals surface area (Å²) in [6.07, 6.45) is 7.38. The number of likely N-dealkylation sites (tertiary alicyclic amines) is 1. The lowest BCUT2D eigenvalue weighted by Gasteiger charge is -2.49. The summed E-state index contributed by atoms with van der Waals surface area (Å²) in [5.74, 6) is 0.172. The first-order valence-electron chi connectivity index (χ1n) is 9.40. The van der Waals surface area contributed by atoms with Crippen molar-refractivity contribution in [1.82, 2.24) is 19.4 Å². The summed E-state index contributed by atoms with van der Waals surface area (Å²) >= 11 is 0. The number of benzene rings is 1. The molecule has 0 aliphatic carbocycles. The molecular formula is C20H26N4O2. The molecule has 4 rings (SSSR count). The summed E-state index contributed by atoms with van der Waals surface area (Å²) in [7, 11) is 0. The Morgan fingerprint density at radius 1 is 1.15 bits per heavy atom. The van der Waals surface area contributed by atoms with Crippen LogP contribution in [0.3, 0.4) is 0 Å². The number of imidazole rings is 1. The highest BCUT2D eigenvalue weighted by Crippen LogP contribution is 2.25. The molecule has 6 nitrogen and oxygen atoms in total. The van der Waals surface area contributed by atoms with Crippen molar-refractivity contribution in [2.24, 2.45) is 0 Å². The summed E-state index contributed by atoms with van der Waals surface area (Å²) in [6, 6.07) is 11.6. The average molecular weight is 354 g/mol. The van der Waals surface area contributed by atoms with Crippen LogP contribution in [0.25, 0.3) is 0 Å². The smallest absolute Gasteiger partial charge is 0.242 e. The monoisotopic (exact) mass is 354 g/mol. The third kappa shape index (κ3) is 3.97. The second-order valence-corrected chi connectivity index (χ2v) is 7.19. The zero-order valence-electron chi connectivity index (χ0n) is 15.0. The van der Waals surface area contributed by atoms with Crippen LogP contribution in [0.5, 0.6) is 0 Å². The van der Waals surface area contributed by atoms with Crippen LogP contribution in [0, 0.1) is 0 Å². The molecule has 0 atom stereocenters. The minimum absolute atomic E-state index is 0.172. The summed E-state index contributed by atoms with van der Waals surface area (Å²) < 4.78 is 7.38. The summed E-state index contributed by atoms with van der Waals surface area (Å²) in [4.78, 5) is 21.0. The number of nitrogens with zero attached hydrogens (tertiary/aromatic N) is 4. The van der Waals surface area contributed by atoms with Gasteiger partial charge in [0.15, 0.2) is 0 Å². The first-order chi connectivity index (χ1) is 12.8. The maximum Gasteiger partial charge on any atom is 0.242 e. The second-order valence-electron chi connectivity index (χ2n) is 7.19. The molecule has 26 heavy (non-hydrogen) atoms. The topological polar surface area (TPSA) is 50.6 Å². The van der Waals surface area contributed by atoms with E-state index in [2.05, 4.69) is 40.2 Å². The van der Waals surface area contributed by atoms with E-state index in [-0.39, 0.29) is 5.91 Å². The minimum Gasteiger partial charge on any atom is -0.381 e. The third-order valence-corrected chi connectivity index (χ3v) is 5.43. The Kier molecular flexibility index (Phi) is 5.32. The van der Waals surface area contributed by atoms with Crippen molar-refractivity contribution >= 4 is 5.91 Å². The predicted octanol–water partition coefficient (Wildman–Crippen LogP) is 1.78. The van der Waals surface area contributed by atoms with E-state index >= 15 is 0 Å². The van der Waals surface area contributed by atoms with Crippen molar-refractivity contribution in [3.05, 3.63) is 54.6 Å². The van der Waals surface area contributed by atoms with Crippen LogP contribution in [0.4, 0.5) is 0 Å². The van der Waals surface area contributed by atoms with E-state index in [0.29, 0.717) is 18.6 Å². The van der Waals surface area contributed by atoms with Crippen molar-refractivity contribution in [3.63, 3.8) is 0 Å². The maximum atomic E-state index is 12.4. The van der Waals surface area contributed by atoms with E-state index in [9.17, 15) is 4.79 Å². The predicted molar refractivity (Wildman–Crippen MR) is 98.4 cm³/mol. The van der Waals surface area contributed by atoms with Gasteiger partial charge in [-0.05, 0) is 18.4 Å². The fraction of sp³-hybridized carbons (Fsp3) is 0.500. The number of hydrogen-bond donors (Lipinski definition) is 0. The van der Waals surface area contributed by atoms with E-state index in [1.807, 2.05) is 15.7 Å². The molecule has 3 heterocycles. The lowest BCUT2D eigenvalue weighted by atomic mass is 9.98. The molecule has 0 spiro atoms. The Morgan fingerprint density at radius 2 is 1.92 bits per heavy atom. The molecule has 1 aromatic heterocycles. The van der Waals surface area contributed by atoms with Gasteiger partial charge in [0.25, 0.3) is 0 Å². The van der Waals surface area contributed by atoms with Gasteiger partial charge in [0.2, 0.25) is 5.91 Å². The first kappa shape index (κ1) is 17.2. The molecule has 2 fully saturated rings. The van der Waals surface area contributed by atoms with Gasteiger partial charge in [0, 0.05) is 57.3 Å². The SMILES string of the molecule is O=C(Cn1ccnc1)N1CC(N(Cc2ccccc2)C2CCOCC2)C1.